The van der Waals surface area contributed by atoms with Crippen molar-refractivity contribution in [2.75, 3.05) is 18.8 Å². The van der Waals surface area contributed by atoms with Crippen LogP contribution in [-0.4, -0.2) is 34.4 Å². The lowest BCUT2D eigenvalue weighted by Crippen LogP contribution is -2.49. The molecule has 4 heteroatoms. The Morgan fingerprint density at radius 1 is 1.39 bits per heavy atom. The molecule has 1 amide bonds. The number of carbonyl (C=O) groups excluding carboxylic acids is 1. The third-order valence-corrected chi connectivity index (χ3v) is 4.46. The van der Waals surface area contributed by atoms with Crippen LogP contribution >= 0.6 is 11.8 Å². The van der Waals surface area contributed by atoms with Gasteiger partial charge in [-0.3, -0.25) is 4.79 Å². The van der Waals surface area contributed by atoms with E-state index >= 15 is 0 Å². The quantitative estimate of drug-likeness (QED) is 0.889. The van der Waals surface area contributed by atoms with E-state index in [0.717, 1.165) is 24.4 Å². The average Bonchev–Trinajstić information content (AvgIpc) is 2.37. The Balaban J connectivity index is 2.07. The molecule has 0 saturated carbocycles. The molecule has 1 fully saturated rings. The van der Waals surface area contributed by atoms with Crippen molar-refractivity contribution < 1.29 is 4.79 Å². The highest BCUT2D eigenvalue weighted by atomic mass is 32.2. The van der Waals surface area contributed by atoms with E-state index in [1.807, 2.05) is 47.0 Å². The summed E-state index contributed by atoms with van der Waals surface area (Å²) in [4.78, 5) is 14.3. The molecule has 0 spiro atoms. The van der Waals surface area contributed by atoms with Gasteiger partial charge in [-0.2, -0.15) is 11.8 Å². The summed E-state index contributed by atoms with van der Waals surface area (Å²) in [5.41, 5.74) is 6.95. The number of hydrogen-bond acceptors (Lipinski definition) is 3. The van der Waals surface area contributed by atoms with E-state index in [1.54, 1.807) is 0 Å². The molecule has 3 nitrogen and oxygen atoms in total. The summed E-state index contributed by atoms with van der Waals surface area (Å²) >= 11 is 1.91. The van der Waals surface area contributed by atoms with Gasteiger partial charge in [-0.1, -0.05) is 30.3 Å². The Morgan fingerprint density at radius 3 is 2.67 bits per heavy atom. The lowest BCUT2D eigenvalue weighted by molar-refractivity contribution is -0.133. The van der Waals surface area contributed by atoms with Crippen molar-refractivity contribution >= 4 is 17.7 Å². The van der Waals surface area contributed by atoms with Crippen LogP contribution in [0, 0.1) is 0 Å². The highest BCUT2D eigenvalue weighted by Gasteiger charge is 2.32. The van der Waals surface area contributed by atoms with Crippen LogP contribution in [0.15, 0.2) is 30.3 Å². The maximum Gasteiger partial charge on any atom is 0.244 e. The van der Waals surface area contributed by atoms with Crippen molar-refractivity contribution in [3.05, 3.63) is 35.9 Å². The van der Waals surface area contributed by atoms with Crippen molar-refractivity contribution in [1.29, 1.82) is 0 Å². The second kappa shape index (κ2) is 5.33. The minimum absolute atomic E-state index is 0.0366. The third kappa shape index (κ3) is 3.06. The minimum Gasteiger partial charge on any atom is -0.339 e. The smallest absolute Gasteiger partial charge is 0.244 e. The van der Waals surface area contributed by atoms with Crippen LogP contribution in [-0.2, 0) is 4.79 Å². The fourth-order valence-corrected chi connectivity index (χ4v) is 3.32. The van der Waals surface area contributed by atoms with Crippen LogP contribution in [0.25, 0.3) is 0 Å². The van der Waals surface area contributed by atoms with Gasteiger partial charge in [-0.15, -0.1) is 0 Å². The standard InChI is InChI=1S/C14H20N2OS/c1-14(2)10-16(8-9-18-14)13(17)12(15)11-6-4-3-5-7-11/h3-7,12H,8-10,15H2,1-2H3. The van der Waals surface area contributed by atoms with Gasteiger partial charge in [0.25, 0.3) is 0 Å². The summed E-state index contributed by atoms with van der Waals surface area (Å²) in [5.74, 6) is 1.02. The predicted octanol–water partition coefficient (Wildman–Crippen LogP) is 2.04. The molecule has 1 atom stereocenters. The zero-order valence-electron chi connectivity index (χ0n) is 10.9. The van der Waals surface area contributed by atoms with Gasteiger partial charge in [0, 0.05) is 23.6 Å². The fourth-order valence-electron chi connectivity index (χ4n) is 2.20. The number of amides is 1. The summed E-state index contributed by atoms with van der Waals surface area (Å²) < 4.78 is 0.129. The fraction of sp³-hybridized carbons (Fsp3) is 0.500. The first-order valence-corrected chi connectivity index (χ1v) is 7.21. The summed E-state index contributed by atoms with van der Waals surface area (Å²) in [7, 11) is 0. The molecule has 0 radical (unpaired) electrons. The maximum atomic E-state index is 12.4. The van der Waals surface area contributed by atoms with E-state index in [0.29, 0.717) is 0 Å². The van der Waals surface area contributed by atoms with Crippen molar-refractivity contribution in [3.63, 3.8) is 0 Å². The average molecular weight is 264 g/mol. The molecule has 1 aliphatic rings. The van der Waals surface area contributed by atoms with Crippen LogP contribution < -0.4 is 5.73 Å². The summed E-state index contributed by atoms with van der Waals surface area (Å²) in [5, 5.41) is 0. The zero-order valence-corrected chi connectivity index (χ0v) is 11.7. The molecule has 1 aliphatic heterocycles. The molecule has 2 rings (SSSR count). The second-order valence-corrected chi connectivity index (χ2v) is 7.06. The van der Waals surface area contributed by atoms with Gasteiger partial charge >= 0.3 is 0 Å². The monoisotopic (exact) mass is 264 g/mol. The van der Waals surface area contributed by atoms with Crippen molar-refractivity contribution in [1.82, 2.24) is 4.90 Å². The van der Waals surface area contributed by atoms with Crippen LogP contribution in [0.5, 0.6) is 0 Å². The van der Waals surface area contributed by atoms with Gasteiger partial charge in [0.05, 0.1) is 0 Å². The van der Waals surface area contributed by atoms with Gasteiger partial charge in [0.15, 0.2) is 0 Å². The summed E-state index contributed by atoms with van der Waals surface area (Å²) in [6, 6.07) is 9.04. The minimum atomic E-state index is -0.537. The third-order valence-electron chi connectivity index (χ3n) is 3.16. The molecular formula is C14H20N2OS. The molecule has 1 heterocycles. The lowest BCUT2D eigenvalue weighted by atomic mass is 10.1. The lowest BCUT2D eigenvalue weighted by Gasteiger charge is -2.38. The molecular weight excluding hydrogens is 244 g/mol. The molecule has 98 valence electrons. The topological polar surface area (TPSA) is 46.3 Å². The molecule has 1 unspecified atom stereocenters. The first kappa shape index (κ1) is 13.4. The van der Waals surface area contributed by atoms with Crippen molar-refractivity contribution in [3.8, 4) is 0 Å². The number of rotatable bonds is 2. The highest BCUT2D eigenvalue weighted by molar-refractivity contribution is 8.00. The van der Waals surface area contributed by atoms with Crippen molar-refractivity contribution in [2.45, 2.75) is 24.6 Å². The molecule has 1 aromatic carbocycles. The summed E-state index contributed by atoms with van der Waals surface area (Å²) in [6.07, 6.45) is 0. The van der Waals surface area contributed by atoms with Gasteiger partial charge in [0.2, 0.25) is 5.91 Å². The van der Waals surface area contributed by atoms with Gasteiger partial charge < -0.3 is 10.6 Å². The van der Waals surface area contributed by atoms with Crippen LogP contribution in [0.1, 0.15) is 25.5 Å². The molecule has 2 N–H and O–H groups in total. The Bertz CT molecular complexity index is 419. The van der Waals surface area contributed by atoms with E-state index < -0.39 is 6.04 Å². The molecule has 0 bridgehead atoms. The Kier molecular flexibility index (Phi) is 3.97. The largest absolute Gasteiger partial charge is 0.339 e. The van der Waals surface area contributed by atoms with Crippen LogP contribution in [0.2, 0.25) is 0 Å². The highest BCUT2D eigenvalue weighted by Crippen LogP contribution is 2.30. The zero-order chi connectivity index (χ0) is 13.2. The van der Waals surface area contributed by atoms with Gasteiger partial charge in [-0.05, 0) is 19.4 Å². The van der Waals surface area contributed by atoms with E-state index in [9.17, 15) is 4.79 Å². The van der Waals surface area contributed by atoms with Gasteiger partial charge in [0.1, 0.15) is 6.04 Å². The first-order valence-electron chi connectivity index (χ1n) is 6.23. The Hall–Kier alpha value is -1.00. The summed E-state index contributed by atoms with van der Waals surface area (Å²) in [6.45, 7) is 5.92. The maximum absolute atomic E-state index is 12.4. The normalized spacial score (nSPS) is 20.5. The number of hydrogen-bond donors (Lipinski definition) is 1. The van der Waals surface area contributed by atoms with E-state index in [2.05, 4.69) is 13.8 Å². The number of carbonyl (C=O) groups is 1. The molecule has 0 aromatic heterocycles. The SMILES string of the molecule is CC1(C)CN(C(=O)C(N)c2ccccc2)CCS1. The van der Waals surface area contributed by atoms with E-state index in [1.165, 1.54) is 0 Å². The Morgan fingerprint density at radius 2 is 2.06 bits per heavy atom. The molecule has 18 heavy (non-hydrogen) atoms. The van der Waals surface area contributed by atoms with E-state index in [4.69, 9.17) is 5.73 Å². The molecule has 1 aromatic rings. The number of thioether (sulfide) groups is 1. The number of nitrogens with two attached hydrogens (primary N) is 1. The molecule has 1 saturated heterocycles. The molecule has 0 aliphatic carbocycles. The predicted molar refractivity (Wildman–Crippen MR) is 76.5 cm³/mol. The van der Waals surface area contributed by atoms with E-state index in [-0.39, 0.29) is 10.7 Å². The van der Waals surface area contributed by atoms with Crippen molar-refractivity contribution in [2.24, 2.45) is 5.73 Å². The number of benzene rings is 1. The Labute approximate surface area is 113 Å². The second-order valence-electron chi connectivity index (χ2n) is 5.26. The van der Waals surface area contributed by atoms with Crippen LogP contribution in [0.3, 0.4) is 0 Å². The van der Waals surface area contributed by atoms with Gasteiger partial charge in [-0.25, -0.2) is 0 Å². The van der Waals surface area contributed by atoms with Crippen LogP contribution in [0.4, 0.5) is 0 Å². The first-order chi connectivity index (χ1) is 8.49. The number of nitrogens with zero attached hydrogens (tertiary/aromatic N) is 1.